The first kappa shape index (κ1) is 18.3. The second kappa shape index (κ2) is 7.39. The Morgan fingerprint density at radius 1 is 1.15 bits per heavy atom. The van der Waals surface area contributed by atoms with E-state index in [1.54, 1.807) is 27.5 Å². The van der Waals surface area contributed by atoms with Gasteiger partial charge < -0.3 is 29.8 Å². The Morgan fingerprint density at radius 2 is 1.81 bits per heavy atom. The van der Waals surface area contributed by atoms with Crippen molar-refractivity contribution in [1.82, 2.24) is 4.98 Å². The standard InChI is InChI=1S/C19H24N2O5/c1-5-13-16-11(9-21-12(8-20)17(16)22)18(26-13)10-6-14(23-2)19(25-4)15(7-10)24-3/h6-7,9,13,18,22H,5,8,20H2,1-4H3. The van der Waals surface area contributed by atoms with Gasteiger partial charge in [0.15, 0.2) is 11.5 Å². The van der Waals surface area contributed by atoms with E-state index in [9.17, 15) is 5.11 Å². The highest BCUT2D eigenvalue weighted by Crippen LogP contribution is 2.50. The fourth-order valence-electron chi connectivity index (χ4n) is 3.38. The molecule has 3 N–H and O–H groups in total. The summed E-state index contributed by atoms with van der Waals surface area (Å²) in [5, 5.41) is 10.6. The van der Waals surface area contributed by atoms with Crippen molar-refractivity contribution in [3.8, 4) is 23.0 Å². The lowest BCUT2D eigenvalue weighted by Crippen LogP contribution is -2.05. The van der Waals surface area contributed by atoms with E-state index in [0.29, 0.717) is 22.9 Å². The molecule has 0 saturated carbocycles. The molecule has 0 amide bonds. The van der Waals surface area contributed by atoms with E-state index in [2.05, 4.69) is 4.98 Å². The van der Waals surface area contributed by atoms with Crippen LogP contribution in [0.3, 0.4) is 0 Å². The van der Waals surface area contributed by atoms with Gasteiger partial charge >= 0.3 is 0 Å². The molecule has 2 heterocycles. The Bertz CT molecular complexity index is 784. The third-order valence-electron chi connectivity index (χ3n) is 4.66. The molecule has 0 radical (unpaired) electrons. The normalized spacial score (nSPS) is 18.5. The van der Waals surface area contributed by atoms with Gasteiger partial charge in [-0.05, 0) is 24.1 Å². The summed E-state index contributed by atoms with van der Waals surface area (Å²) in [6.07, 6.45) is 1.81. The fourth-order valence-corrected chi connectivity index (χ4v) is 3.38. The second-order valence-corrected chi connectivity index (χ2v) is 6.00. The predicted octanol–water partition coefficient (Wildman–Crippen LogP) is 2.84. The molecule has 3 rings (SSSR count). The highest BCUT2D eigenvalue weighted by atomic mass is 16.5. The first-order chi connectivity index (χ1) is 12.6. The van der Waals surface area contributed by atoms with Crippen molar-refractivity contribution in [3.05, 3.63) is 40.7 Å². The predicted molar refractivity (Wildman–Crippen MR) is 95.9 cm³/mol. The van der Waals surface area contributed by atoms with Crippen molar-refractivity contribution in [2.24, 2.45) is 5.73 Å². The van der Waals surface area contributed by atoms with E-state index in [-0.39, 0.29) is 18.4 Å². The Hall–Kier alpha value is -2.51. The molecule has 0 bridgehead atoms. The van der Waals surface area contributed by atoms with Gasteiger partial charge in [0.25, 0.3) is 0 Å². The van der Waals surface area contributed by atoms with Crippen molar-refractivity contribution >= 4 is 0 Å². The van der Waals surface area contributed by atoms with Gasteiger partial charge in [0.05, 0.1) is 33.1 Å². The Kier molecular flexibility index (Phi) is 5.20. The number of pyridine rings is 1. The summed E-state index contributed by atoms with van der Waals surface area (Å²) < 4.78 is 22.5. The van der Waals surface area contributed by atoms with E-state index in [4.69, 9.17) is 24.7 Å². The number of methoxy groups -OCH3 is 3. The molecule has 2 unspecified atom stereocenters. The van der Waals surface area contributed by atoms with E-state index < -0.39 is 6.10 Å². The number of aromatic hydroxyl groups is 1. The van der Waals surface area contributed by atoms with Gasteiger partial charge in [-0.3, -0.25) is 4.98 Å². The molecule has 7 nitrogen and oxygen atoms in total. The summed E-state index contributed by atoms with van der Waals surface area (Å²) in [6.45, 7) is 2.18. The van der Waals surface area contributed by atoms with Gasteiger partial charge in [0.2, 0.25) is 5.75 Å². The van der Waals surface area contributed by atoms with Crippen LogP contribution in [0.1, 0.15) is 47.9 Å². The first-order valence-electron chi connectivity index (χ1n) is 8.45. The zero-order chi connectivity index (χ0) is 18.8. The topological polar surface area (TPSA) is 96.1 Å². The van der Waals surface area contributed by atoms with Crippen molar-refractivity contribution < 1.29 is 24.1 Å². The summed E-state index contributed by atoms with van der Waals surface area (Å²) in [5.74, 6) is 1.72. The smallest absolute Gasteiger partial charge is 0.203 e. The molecule has 2 aromatic rings. The number of rotatable bonds is 6. The molecule has 0 saturated heterocycles. The van der Waals surface area contributed by atoms with Gasteiger partial charge in [-0.25, -0.2) is 0 Å². The van der Waals surface area contributed by atoms with Crippen molar-refractivity contribution in [2.75, 3.05) is 21.3 Å². The van der Waals surface area contributed by atoms with Crippen LogP contribution in [0.15, 0.2) is 18.3 Å². The molecule has 1 aliphatic rings. The first-order valence-corrected chi connectivity index (χ1v) is 8.45. The Balaban J connectivity index is 2.14. The molecule has 1 aromatic carbocycles. The molecule has 1 aliphatic heterocycles. The van der Waals surface area contributed by atoms with Gasteiger partial charge in [0.1, 0.15) is 11.9 Å². The number of benzene rings is 1. The highest BCUT2D eigenvalue weighted by molar-refractivity contribution is 5.57. The lowest BCUT2D eigenvalue weighted by atomic mass is 9.96. The minimum absolute atomic E-state index is 0.117. The minimum atomic E-state index is -0.395. The van der Waals surface area contributed by atoms with E-state index in [1.165, 1.54) is 0 Å². The molecule has 26 heavy (non-hydrogen) atoms. The minimum Gasteiger partial charge on any atom is -0.506 e. The number of aromatic nitrogens is 1. The molecule has 2 atom stereocenters. The second-order valence-electron chi connectivity index (χ2n) is 6.00. The summed E-state index contributed by atoms with van der Waals surface area (Å²) in [7, 11) is 4.70. The molecule has 0 aliphatic carbocycles. The van der Waals surface area contributed by atoms with Gasteiger partial charge in [-0.15, -0.1) is 0 Å². The lowest BCUT2D eigenvalue weighted by molar-refractivity contribution is 0.0305. The SMILES string of the molecule is CCC1OC(c2cc(OC)c(OC)c(OC)c2)c2cnc(CN)c(O)c21. The zero-order valence-corrected chi connectivity index (χ0v) is 15.4. The molecule has 7 heteroatoms. The number of ether oxygens (including phenoxy) is 4. The largest absolute Gasteiger partial charge is 0.506 e. The molecular weight excluding hydrogens is 336 g/mol. The van der Waals surface area contributed by atoms with Crippen LogP contribution in [0.5, 0.6) is 23.0 Å². The third kappa shape index (κ3) is 2.83. The van der Waals surface area contributed by atoms with Gasteiger partial charge in [0, 0.05) is 23.9 Å². The van der Waals surface area contributed by atoms with Crippen LogP contribution in [-0.2, 0) is 11.3 Å². The summed E-state index contributed by atoms with van der Waals surface area (Å²) >= 11 is 0. The van der Waals surface area contributed by atoms with E-state index in [0.717, 1.165) is 23.1 Å². The van der Waals surface area contributed by atoms with E-state index in [1.807, 2.05) is 19.1 Å². The Labute approximate surface area is 152 Å². The molecule has 0 fully saturated rings. The number of fused-ring (bicyclic) bond motifs is 1. The Morgan fingerprint density at radius 3 is 2.31 bits per heavy atom. The van der Waals surface area contributed by atoms with E-state index >= 15 is 0 Å². The molecular formula is C19H24N2O5. The maximum absolute atomic E-state index is 10.6. The maximum Gasteiger partial charge on any atom is 0.203 e. The van der Waals surface area contributed by atoms with Gasteiger partial charge in [-0.2, -0.15) is 0 Å². The summed E-state index contributed by atoms with van der Waals surface area (Å²) in [6, 6.07) is 3.70. The monoisotopic (exact) mass is 360 g/mol. The number of hydrogen-bond donors (Lipinski definition) is 2. The third-order valence-corrected chi connectivity index (χ3v) is 4.66. The average molecular weight is 360 g/mol. The number of hydrogen-bond acceptors (Lipinski definition) is 7. The quantitative estimate of drug-likeness (QED) is 0.817. The zero-order valence-electron chi connectivity index (χ0n) is 15.4. The van der Waals surface area contributed by atoms with Gasteiger partial charge in [-0.1, -0.05) is 6.92 Å². The van der Waals surface area contributed by atoms with Crippen LogP contribution in [0, 0.1) is 0 Å². The number of nitrogens with two attached hydrogens (primary N) is 1. The van der Waals surface area contributed by atoms with Crippen LogP contribution in [0.2, 0.25) is 0 Å². The van der Waals surface area contributed by atoms with Crippen LogP contribution >= 0.6 is 0 Å². The van der Waals surface area contributed by atoms with Crippen LogP contribution < -0.4 is 19.9 Å². The maximum atomic E-state index is 10.6. The average Bonchev–Trinajstić information content (AvgIpc) is 3.06. The summed E-state index contributed by atoms with van der Waals surface area (Å²) in [5.41, 5.74) is 8.55. The van der Waals surface area contributed by atoms with Crippen LogP contribution in [-0.4, -0.2) is 31.4 Å². The van der Waals surface area contributed by atoms with Crippen molar-refractivity contribution in [3.63, 3.8) is 0 Å². The lowest BCUT2D eigenvalue weighted by Gasteiger charge is -2.18. The molecule has 1 aromatic heterocycles. The van der Waals surface area contributed by atoms with Crippen molar-refractivity contribution in [2.45, 2.75) is 32.1 Å². The highest BCUT2D eigenvalue weighted by Gasteiger charge is 2.36. The number of nitrogens with zero attached hydrogens (tertiary/aromatic N) is 1. The molecule has 0 spiro atoms. The molecule has 140 valence electrons. The summed E-state index contributed by atoms with van der Waals surface area (Å²) in [4.78, 5) is 4.29. The van der Waals surface area contributed by atoms with Crippen LogP contribution in [0.4, 0.5) is 0 Å². The fraction of sp³-hybridized carbons (Fsp3) is 0.421. The van der Waals surface area contributed by atoms with Crippen LogP contribution in [0.25, 0.3) is 0 Å². The van der Waals surface area contributed by atoms with Crippen molar-refractivity contribution in [1.29, 1.82) is 0 Å².